The van der Waals surface area contributed by atoms with Gasteiger partial charge in [0.1, 0.15) is 5.52 Å². The minimum atomic E-state index is -0.738. The van der Waals surface area contributed by atoms with E-state index >= 15 is 0 Å². The average molecular weight is 313 g/mol. The number of nitro groups is 1. The van der Waals surface area contributed by atoms with Crippen LogP contribution >= 0.6 is 0 Å². The lowest BCUT2D eigenvalue weighted by Gasteiger charge is -2.12. The maximum atomic E-state index is 11.1. The first-order valence-electron chi connectivity index (χ1n) is 6.99. The van der Waals surface area contributed by atoms with Crippen molar-refractivity contribution < 1.29 is 10.0 Å². The number of aliphatic hydroxyl groups excluding tert-OH is 1. The van der Waals surface area contributed by atoms with Crippen molar-refractivity contribution in [3.63, 3.8) is 0 Å². The fraction of sp³-hybridized carbons (Fsp3) is 0.200. The van der Waals surface area contributed by atoms with Crippen molar-refractivity contribution in [2.75, 3.05) is 11.9 Å². The van der Waals surface area contributed by atoms with Gasteiger partial charge in [0.2, 0.25) is 0 Å². The molecule has 0 radical (unpaired) electrons. The first-order chi connectivity index (χ1) is 11.1. The molecule has 0 fully saturated rings. The van der Waals surface area contributed by atoms with Crippen LogP contribution in [0.3, 0.4) is 0 Å². The molecular formula is C15H15N5O3. The van der Waals surface area contributed by atoms with Gasteiger partial charge in [0.15, 0.2) is 0 Å². The van der Waals surface area contributed by atoms with E-state index in [1.807, 2.05) is 0 Å². The number of rotatable bonds is 5. The van der Waals surface area contributed by atoms with Crippen molar-refractivity contribution >= 4 is 22.3 Å². The lowest BCUT2D eigenvalue weighted by Crippen LogP contribution is -2.12. The Labute approximate surface area is 131 Å². The lowest BCUT2D eigenvalue weighted by atomic mass is 10.1. The first-order valence-corrected chi connectivity index (χ1v) is 6.99. The highest BCUT2D eigenvalue weighted by Crippen LogP contribution is 2.30. The molecule has 0 aliphatic heterocycles. The number of aromatic nitrogens is 3. The molecule has 1 unspecified atom stereocenters. The lowest BCUT2D eigenvalue weighted by molar-refractivity contribution is -0.383. The molecule has 0 spiro atoms. The first kappa shape index (κ1) is 14.9. The normalized spacial score (nSPS) is 12.3. The Hall–Kier alpha value is -3.00. The van der Waals surface area contributed by atoms with Crippen molar-refractivity contribution in [1.82, 2.24) is 14.8 Å². The Balaban J connectivity index is 1.86. The zero-order chi connectivity index (χ0) is 16.4. The second-order valence-electron chi connectivity index (χ2n) is 5.13. The Bertz CT molecular complexity index is 861. The third-order valence-electron chi connectivity index (χ3n) is 3.54. The van der Waals surface area contributed by atoms with Crippen molar-refractivity contribution in [3.8, 4) is 0 Å². The zero-order valence-electron chi connectivity index (χ0n) is 12.4. The summed E-state index contributed by atoms with van der Waals surface area (Å²) in [5.41, 5.74) is 1.83. The Morgan fingerprint density at radius 3 is 2.96 bits per heavy atom. The van der Waals surface area contributed by atoms with Crippen LogP contribution in [0.1, 0.15) is 11.7 Å². The summed E-state index contributed by atoms with van der Waals surface area (Å²) in [6.45, 7) is 0.245. The largest absolute Gasteiger partial charge is 0.386 e. The van der Waals surface area contributed by atoms with Crippen LogP contribution in [-0.4, -0.2) is 31.3 Å². The highest BCUT2D eigenvalue weighted by atomic mass is 16.6. The molecule has 8 heteroatoms. The van der Waals surface area contributed by atoms with Gasteiger partial charge in [-0.1, -0.05) is 0 Å². The van der Waals surface area contributed by atoms with E-state index in [0.29, 0.717) is 22.2 Å². The number of aliphatic hydroxyl groups is 1. The molecule has 1 aromatic carbocycles. The second kappa shape index (κ2) is 6.01. The predicted octanol–water partition coefficient (Wildman–Crippen LogP) is 2.02. The summed E-state index contributed by atoms with van der Waals surface area (Å²) in [4.78, 5) is 14.9. The summed E-state index contributed by atoms with van der Waals surface area (Å²) >= 11 is 0. The van der Waals surface area contributed by atoms with E-state index in [9.17, 15) is 15.2 Å². The van der Waals surface area contributed by atoms with Gasteiger partial charge in [0.05, 0.1) is 28.3 Å². The van der Waals surface area contributed by atoms with E-state index in [1.54, 1.807) is 48.5 Å². The minimum Gasteiger partial charge on any atom is -0.386 e. The van der Waals surface area contributed by atoms with Gasteiger partial charge >= 0.3 is 0 Å². The molecule has 0 aliphatic carbocycles. The van der Waals surface area contributed by atoms with Gasteiger partial charge in [0.25, 0.3) is 5.69 Å². The molecule has 2 heterocycles. The van der Waals surface area contributed by atoms with Gasteiger partial charge in [-0.25, -0.2) is 0 Å². The summed E-state index contributed by atoms with van der Waals surface area (Å²) in [6, 6.07) is 6.35. The molecule has 23 heavy (non-hydrogen) atoms. The van der Waals surface area contributed by atoms with Crippen LogP contribution in [0.2, 0.25) is 0 Å². The summed E-state index contributed by atoms with van der Waals surface area (Å²) < 4.78 is 1.61. The van der Waals surface area contributed by atoms with Crippen molar-refractivity contribution in [2.45, 2.75) is 6.10 Å². The van der Waals surface area contributed by atoms with Crippen LogP contribution in [0.15, 0.2) is 42.9 Å². The number of pyridine rings is 1. The van der Waals surface area contributed by atoms with Crippen molar-refractivity contribution in [3.05, 3.63) is 58.5 Å². The number of nitrogens with zero attached hydrogens (tertiary/aromatic N) is 4. The third kappa shape index (κ3) is 2.97. The van der Waals surface area contributed by atoms with Crippen LogP contribution in [0.25, 0.3) is 10.9 Å². The molecule has 0 amide bonds. The number of non-ortho nitro benzene ring substituents is 1. The van der Waals surface area contributed by atoms with Crippen molar-refractivity contribution in [1.29, 1.82) is 0 Å². The number of benzene rings is 1. The van der Waals surface area contributed by atoms with Gasteiger partial charge in [-0.05, 0) is 18.2 Å². The maximum Gasteiger partial charge on any atom is 0.278 e. The average Bonchev–Trinajstić information content (AvgIpc) is 2.98. The molecule has 0 bridgehead atoms. The number of nitrogens with one attached hydrogen (secondary N) is 1. The van der Waals surface area contributed by atoms with Crippen LogP contribution < -0.4 is 5.32 Å². The smallest absolute Gasteiger partial charge is 0.278 e. The Morgan fingerprint density at radius 2 is 2.26 bits per heavy atom. The third-order valence-corrected chi connectivity index (χ3v) is 3.54. The van der Waals surface area contributed by atoms with Crippen LogP contribution in [-0.2, 0) is 7.05 Å². The van der Waals surface area contributed by atoms with E-state index in [4.69, 9.17) is 0 Å². The number of anilines is 1. The molecule has 0 saturated heterocycles. The number of nitro benzene ring substituents is 1. The topological polar surface area (TPSA) is 106 Å². The highest BCUT2D eigenvalue weighted by molar-refractivity contribution is 5.96. The molecule has 2 aromatic heterocycles. The predicted molar refractivity (Wildman–Crippen MR) is 85.1 cm³/mol. The van der Waals surface area contributed by atoms with E-state index in [-0.39, 0.29) is 12.2 Å². The van der Waals surface area contributed by atoms with Gasteiger partial charge in [0, 0.05) is 37.6 Å². The van der Waals surface area contributed by atoms with E-state index in [0.717, 1.165) is 0 Å². The van der Waals surface area contributed by atoms with Gasteiger partial charge in [-0.3, -0.25) is 19.8 Å². The monoisotopic (exact) mass is 313 g/mol. The molecule has 0 aliphatic rings. The van der Waals surface area contributed by atoms with Crippen LogP contribution in [0.4, 0.5) is 11.4 Å². The molecule has 3 aromatic rings. The van der Waals surface area contributed by atoms with Gasteiger partial charge in [-0.15, -0.1) is 0 Å². The highest BCUT2D eigenvalue weighted by Gasteiger charge is 2.16. The summed E-state index contributed by atoms with van der Waals surface area (Å²) in [7, 11) is 1.78. The van der Waals surface area contributed by atoms with E-state index < -0.39 is 11.0 Å². The Morgan fingerprint density at radius 1 is 1.43 bits per heavy atom. The standard InChI is InChI=1S/C15H15N5O3/c1-19-9-10(7-18-19)14(21)8-17-12-4-5-13(20(22)23)11-3-2-6-16-15(11)12/h2-7,9,14,17,21H,8H2,1H3. The molecular weight excluding hydrogens is 298 g/mol. The number of hydrogen-bond acceptors (Lipinski definition) is 6. The van der Waals surface area contributed by atoms with Gasteiger partial charge < -0.3 is 10.4 Å². The molecule has 0 saturated carbocycles. The van der Waals surface area contributed by atoms with Crippen molar-refractivity contribution in [2.24, 2.45) is 7.05 Å². The molecule has 1 atom stereocenters. The van der Waals surface area contributed by atoms with Crippen LogP contribution in [0.5, 0.6) is 0 Å². The number of aryl methyl sites for hydroxylation is 1. The SMILES string of the molecule is Cn1cc(C(O)CNc2ccc([N+](=O)[O-])c3cccnc23)cn1. The molecule has 8 nitrogen and oxygen atoms in total. The quantitative estimate of drug-likeness (QED) is 0.551. The molecule has 118 valence electrons. The zero-order valence-corrected chi connectivity index (χ0v) is 12.4. The van der Waals surface area contributed by atoms with E-state index in [1.165, 1.54) is 6.07 Å². The van der Waals surface area contributed by atoms with Gasteiger partial charge in [-0.2, -0.15) is 5.10 Å². The second-order valence-corrected chi connectivity index (χ2v) is 5.13. The fourth-order valence-corrected chi connectivity index (χ4v) is 2.40. The van der Waals surface area contributed by atoms with E-state index in [2.05, 4.69) is 15.4 Å². The minimum absolute atomic E-state index is 0.00598. The molecule has 2 N–H and O–H groups in total. The Kier molecular flexibility index (Phi) is 3.90. The number of fused-ring (bicyclic) bond motifs is 1. The maximum absolute atomic E-state index is 11.1. The summed E-state index contributed by atoms with van der Waals surface area (Å²) in [6.07, 6.45) is 4.17. The fourth-order valence-electron chi connectivity index (χ4n) is 2.40. The summed E-state index contributed by atoms with van der Waals surface area (Å²) in [5, 5.41) is 28.8. The number of hydrogen-bond donors (Lipinski definition) is 2. The summed E-state index contributed by atoms with van der Waals surface area (Å²) in [5.74, 6) is 0. The van der Waals surface area contributed by atoms with Crippen LogP contribution in [0, 0.1) is 10.1 Å². The molecule has 3 rings (SSSR count).